The largest absolute Gasteiger partial charge is 0.354 e. The van der Waals surface area contributed by atoms with E-state index in [1.807, 2.05) is 0 Å². The average molecular weight is 206 g/mol. The van der Waals surface area contributed by atoms with E-state index in [9.17, 15) is 4.79 Å². The molecule has 0 aliphatic carbocycles. The number of aromatic nitrogens is 1. The zero-order chi connectivity index (χ0) is 11.3. The van der Waals surface area contributed by atoms with E-state index in [1.165, 1.54) is 0 Å². The van der Waals surface area contributed by atoms with E-state index in [1.54, 1.807) is 18.3 Å². The standard InChI is InChI=1S/C12H18N2O/c1-4-10(3)14(5-2)12-11(9-15)7-6-8-13-12/h6-10H,4-5H2,1-3H3. The maximum atomic E-state index is 10.9. The molecular weight excluding hydrogens is 188 g/mol. The second-order valence-corrected chi connectivity index (χ2v) is 3.58. The summed E-state index contributed by atoms with van der Waals surface area (Å²) in [5, 5.41) is 0. The minimum absolute atomic E-state index is 0.406. The van der Waals surface area contributed by atoms with E-state index >= 15 is 0 Å². The van der Waals surface area contributed by atoms with Crippen LogP contribution in [-0.2, 0) is 0 Å². The van der Waals surface area contributed by atoms with Crippen LogP contribution in [0.1, 0.15) is 37.6 Å². The first-order chi connectivity index (χ1) is 7.24. The molecule has 15 heavy (non-hydrogen) atoms. The van der Waals surface area contributed by atoms with Crippen molar-refractivity contribution >= 4 is 12.1 Å². The highest BCUT2D eigenvalue weighted by molar-refractivity contribution is 5.82. The summed E-state index contributed by atoms with van der Waals surface area (Å²) in [6.45, 7) is 7.23. The van der Waals surface area contributed by atoms with Gasteiger partial charge in [0.1, 0.15) is 5.82 Å². The van der Waals surface area contributed by atoms with E-state index in [2.05, 4.69) is 30.7 Å². The first-order valence-corrected chi connectivity index (χ1v) is 5.41. The fourth-order valence-corrected chi connectivity index (χ4v) is 1.63. The van der Waals surface area contributed by atoms with E-state index in [0.717, 1.165) is 25.1 Å². The SMILES string of the molecule is CCC(C)N(CC)c1ncccc1C=O. The van der Waals surface area contributed by atoms with Gasteiger partial charge in [-0.25, -0.2) is 4.98 Å². The molecule has 0 saturated heterocycles. The van der Waals surface area contributed by atoms with Crippen molar-refractivity contribution in [1.82, 2.24) is 4.98 Å². The molecule has 0 amide bonds. The molecular formula is C12H18N2O. The molecule has 1 unspecified atom stereocenters. The molecule has 0 aliphatic rings. The molecule has 0 fully saturated rings. The predicted molar refractivity (Wildman–Crippen MR) is 62.4 cm³/mol. The third kappa shape index (κ3) is 2.55. The Hall–Kier alpha value is -1.38. The van der Waals surface area contributed by atoms with Crippen LogP contribution in [0, 0.1) is 0 Å². The summed E-state index contributed by atoms with van der Waals surface area (Å²) in [7, 11) is 0. The molecule has 0 N–H and O–H groups in total. The van der Waals surface area contributed by atoms with Gasteiger partial charge in [0.15, 0.2) is 6.29 Å². The summed E-state index contributed by atoms with van der Waals surface area (Å²) in [6.07, 6.45) is 3.64. The Balaban J connectivity index is 3.05. The summed E-state index contributed by atoms with van der Waals surface area (Å²) in [6, 6.07) is 4.00. The summed E-state index contributed by atoms with van der Waals surface area (Å²) in [5.41, 5.74) is 0.666. The minimum Gasteiger partial charge on any atom is -0.354 e. The van der Waals surface area contributed by atoms with E-state index in [0.29, 0.717) is 11.6 Å². The minimum atomic E-state index is 0.406. The molecule has 0 aliphatic heterocycles. The monoisotopic (exact) mass is 206 g/mol. The molecule has 0 aromatic carbocycles. The summed E-state index contributed by atoms with van der Waals surface area (Å²) in [5.74, 6) is 0.796. The summed E-state index contributed by atoms with van der Waals surface area (Å²) < 4.78 is 0. The number of rotatable bonds is 5. The van der Waals surface area contributed by atoms with E-state index < -0.39 is 0 Å². The number of carbonyl (C=O) groups excluding carboxylic acids is 1. The molecule has 1 atom stereocenters. The summed E-state index contributed by atoms with van der Waals surface area (Å²) >= 11 is 0. The van der Waals surface area contributed by atoms with Crippen molar-refractivity contribution in [2.45, 2.75) is 33.2 Å². The molecule has 3 nitrogen and oxygen atoms in total. The fourth-order valence-electron chi connectivity index (χ4n) is 1.63. The zero-order valence-corrected chi connectivity index (χ0v) is 9.60. The lowest BCUT2D eigenvalue weighted by Crippen LogP contribution is -2.33. The fraction of sp³-hybridized carbons (Fsp3) is 0.500. The van der Waals surface area contributed by atoms with Crippen molar-refractivity contribution in [2.24, 2.45) is 0 Å². The van der Waals surface area contributed by atoms with Crippen LogP contribution in [0.5, 0.6) is 0 Å². The van der Waals surface area contributed by atoms with Gasteiger partial charge in [-0.3, -0.25) is 4.79 Å². The van der Waals surface area contributed by atoms with Crippen LogP contribution in [0.15, 0.2) is 18.3 Å². The highest BCUT2D eigenvalue weighted by Gasteiger charge is 2.15. The molecule has 1 heterocycles. The van der Waals surface area contributed by atoms with Gasteiger partial charge in [0.25, 0.3) is 0 Å². The van der Waals surface area contributed by atoms with Crippen molar-refractivity contribution in [3.63, 3.8) is 0 Å². The van der Waals surface area contributed by atoms with Gasteiger partial charge in [0.2, 0.25) is 0 Å². The Kier molecular flexibility index (Phi) is 4.28. The molecule has 0 spiro atoms. The Morgan fingerprint density at radius 2 is 2.27 bits per heavy atom. The Labute approximate surface area is 91.1 Å². The normalized spacial score (nSPS) is 12.2. The van der Waals surface area contributed by atoms with Gasteiger partial charge in [-0.05, 0) is 32.4 Å². The second kappa shape index (κ2) is 5.49. The topological polar surface area (TPSA) is 33.2 Å². The third-order valence-corrected chi connectivity index (χ3v) is 2.68. The molecule has 82 valence electrons. The lowest BCUT2D eigenvalue weighted by atomic mass is 10.2. The zero-order valence-electron chi connectivity index (χ0n) is 9.60. The third-order valence-electron chi connectivity index (χ3n) is 2.68. The lowest BCUT2D eigenvalue weighted by molar-refractivity contribution is 0.112. The van der Waals surface area contributed by atoms with Crippen LogP contribution in [-0.4, -0.2) is 23.9 Å². The van der Waals surface area contributed by atoms with E-state index in [4.69, 9.17) is 0 Å². The van der Waals surface area contributed by atoms with Crippen molar-refractivity contribution in [2.75, 3.05) is 11.4 Å². The molecule has 1 rings (SSSR count). The maximum absolute atomic E-state index is 10.9. The van der Waals surface area contributed by atoms with Gasteiger partial charge in [-0.1, -0.05) is 6.92 Å². The summed E-state index contributed by atoms with van der Waals surface area (Å²) in [4.78, 5) is 17.3. The van der Waals surface area contributed by atoms with Gasteiger partial charge in [-0.15, -0.1) is 0 Å². The average Bonchev–Trinajstić information content (AvgIpc) is 2.30. The van der Waals surface area contributed by atoms with Crippen molar-refractivity contribution in [3.8, 4) is 0 Å². The van der Waals surface area contributed by atoms with Crippen LogP contribution in [0.2, 0.25) is 0 Å². The van der Waals surface area contributed by atoms with Crippen LogP contribution in [0.4, 0.5) is 5.82 Å². The molecule has 3 heteroatoms. The highest BCUT2D eigenvalue weighted by atomic mass is 16.1. The first-order valence-electron chi connectivity index (χ1n) is 5.41. The van der Waals surface area contributed by atoms with Crippen LogP contribution >= 0.6 is 0 Å². The number of carbonyl (C=O) groups is 1. The Bertz CT molecular complexity index is 325. The number of hydrogen-bond acceptors (Lipinski definition) is 3. The smallest absolute Gasteiger partial charge is 0.153 e. The predicted octanol–water partition coefficient (Wildman–Crippen LogP) is 2.52. The Morgan fingerprint density at radius 3 is 2.80 bits per heavy atom. The van der Waals surface area contributed by atoms with E-state index in [-0.39, 0.29) is 0 Å². The van der Waals surface area contributed by atoms with Crippen molar-refractivity contribution in [3.05, 3.63) is 23.9 Å². The van der Waals surface area contributed by atoms with Gasteiger partial charge >= 0.3 is 0 Å². The first kappa shape index (κ1) is 11.7. The molecule has 1 aromatic heterocycles. The molecule has 1 aromatic rings. The van der Waals surface area contributed by atoms with Crippen LogP contribution in [0.3, 0.4) is 0 Å². The highest BCUT2D eigenvalue weighted by Crippen LogP contribution is 2.18. The Morgan fingerprint density at radius 1 is 1.53 bits per heavy atom. The number of pyridine rings is 1. The van der Waals surface area contributed by atoms with Crippen LogP contribution in [0.25, 0.3) is 0 Å². The van der Waals surface area contributed by atoms with Gasteiger partial charge in [0.05, 0.1) is 5.56 Å². The van der Waals surface area contributed by atoms with Gasteiger partial charge < -0.3 is 4.90 Å². The molecule has 0 radical (unpaired) electrons. The molecule has 0 saturated carbocycles. The quantitative estimate of drug-likeness (QED) is 0.694. The number of hydrogen-bond donors (Lipinski definition) is 0. The number of anilines is 1. The maximum Gasteiger partial charge on any atom is 0.153 e. The second-order valence-electron chi connectivity index (χ2n) is 3.58. The van der Waals surface area contributed by atoms with Crippen LogP contribution < -0.4 is 4.90 Å². The van der Waals surface area contributed by atoms with Crippen molar-refractivity contribution < 1.29 is 4.79 Å². The lowest BCUT2D eigenvalue weighted by Gasteiger charge is -2.29. The number of aldehydes is 1. The van der Waals surface area contributed by atoms with Crippen molar-refractivity contribution in [1.29, 1.82) is 0 Å². The number of nitrogens with zero attached hydrogens (tertiary/aromatic N) is 2. The van der Waals surface area contributed by atoms with Gasteiger partial charge in [0, 0.05) is 18.8 Å². The van der Waals surface area contributed by atoms with Gasteiger partial charge in [-0.2, -0.15) is 0 Å². The molecule has 0 bridgehead atoms.